The summed E-state index contributed by atoms with van der Waals surface area (Å²) in [5.41, 5.74) is 1.17. The first-order chi connectivity index (χ1) is 4.97. The van der Waals surface area contributed by atoms with Gasteiger partial charge >= 0.3 is 0 Å². The number of ether oxygens (including phenoxy) is 1. The zero-order valence-electron chi connectivity index (χ0n) is 6.93. The van der Waals surface area contributed by atoms with Crippen molar-refractivity contribution < 1.29 is 21.8 Å². The molecule has 0 aromatic heterocycles. The molecule has 1 nitrogen and oxygen atoms in total. The van der Waals surface area contributed by atoms with Crippen molar-refractivity contribution in [1.29, 1.82) is 0 Å². The topological polar surface area (TPSA) is 9.23 Å². The fourth-order valence-electron chi connectivity index (χ4n) is 1.06. The average molecular weight is 195 g/mol. The van der Waals surface area contributed by atoms with E-state index >= 15 is 0 Å². The van der Waals surface area contributed by atoms with Crippen LogP contribution in [0.1, 0.15) is 5.56 Å². The van der Waals surface area contributed by atoms with E-state index in [0.29, 0.717) is 6.61 Å². The van der Waals surface area contributed by atoms with E-state index in [2.05, 4.69) is 6.08 Å². The van der Waals surface area contributed by atoms with Crippen molar-refractivity contribution in [2.24, 2.45) is 0 Å². The van der Waals surface area contributed by atoms with E-state index in [1.54, 1.807) is 0 Å². The number of benzene rings is 1. The summed E-state index contributed by atoms with van der Waals surface area (Å²) in [7, 11) is 0. The molecule has 0 saturated carbocycles. The predicted octanol–water partition coefficient (Wildman–Crippen LogP) is 1.71. The van der Waals surface area contributed by atoms with Crippen molar-refractivity contribution in [1.82, 2.24) is 0 Å². The minimum Gasteiger partial charge on any atom is -0.489 e. The van der Waals surface area contributed by atoms with Gasteiger partial charge in [0.05, 0.1) is 0 Å². The number of para-hydroxylation sites is 1. The Bertz CT molecular complexity index is 273. The molecule has 12 heavy (non-hydrogen) atoms. The Labute approximate surface area is 94.8 Å². The van der Waals surface area contributed by atoms with Gasteiger partial charge in [0.15, 0.2) is 0 Å². The van der Waals surface area contributed by atoms with E-state index in [-0.39, 0.29) is 35.9 Å². The molecule has 1 aromatic carbocycles. The molecule has 0 aliphatic carbocycles. The van der Waals surface area contributed by atoms with E-state index in [0.717, 1.165) is 5.75 Å². The van der Waals surface area contributed by atoms with Crippen LogP contribution >= 0.6 is 0 Å². The van der Waals surface area contributed by atoms with Crippen LogP contribution in [-0.2, 0) is 17.1 Å². The summed E-state index contributed by atoms with van der Waals surface area (Å²) in [5, 5.41) is 0. The first-order valence-corrected chi connectivity index (χ1v) is 3.35. The first-order valence-electron chi connectivity index (χ1n) is 3.35. The minimum absolute atomic E-state index is 0. The fourth-order valence-corrected chi connectivity index (χ4v) is 1.06. The summed E-state index contributed by atoms with van der Waals surface area (Å²) in [6.07, 6.45) is 4.10. The number of hydrogen-bond acceptors (Lipinski definition) is 1. The van der Waals surface area contributed by atoms with Crippen molar-refractivity contribution in [3.8, 4) is 5.75 Å². The SMILES string of the molecule is C1=Cc2ccccc2OC1.[Fe].[Li]. The molecule has 3 heteroatoms. The third-order valence-corrected chi connectivity index (χ3v) is 1.55. The molecule has 59 valence electrons. The van der Waals surface area contributed by atoms with Gasteiger partial charge in [0.1, 0.15) is 12.4 Å². The van der Waals surface area contributed by atoms with E-state index in [4.69, 9.17) is 4.74 Å². The van der Waals surface area contributed by atoms with Crippen molar-refractivity contribution in [2.45, 2.75) is 0 Å². The summed E-state index contributed by atoms with van der Waals surface area (Å²) in [4.78, 5) is 0. The summed E-state index contributed by atoms with van der Waals surface area (Å²) < 4.78 is 5.34. The van der Waals surface area contributed by atoms with Crippen LogP contribution in [0.5, 0.6) is 5.75 Å². The van der Waals surface area contributed by atoms with Crippen LogP contribution in [0.25, 0.3) is 6.08 Å². The summed E-state index contributed by atoms with van der Waals surface area (Å²) in [5.74, 6) is 0.991. The molecule has 1 aromatic rings. The van der Waals surface area contributed by atoms with Gasteiger partial charge in [-0.15, -0.1) is 0 Å². The second-order valence-corrected chi connectivity index (χ2v) is 2.25. The Kier molecular flexibility index (Phi) is 5.45. The van der Waals surface area contributed by atoms with Crippen LogP contribution < -0.4 is 4.74 Å². The number of hydrogen-bond donors (Lipinski definition) is 0. The summed E-state index contributed by atoms with van der Waals surface area (Å²) in [6, 6.07) is 8.03. The van der Waals surface area contributed by atoms with E-state index in [1.807, 2.05) is 30.3 Å². The normalized spacial score (nSPS) is 11.7. The Morgan fingerprint density at radius 1 is 1.17 bits per heavy atom. The third kappa shape index (κ3) is 2.44. The van der Waals surface area contributed by atoms with Gasteiger partial charge in [0.2, 0.25) is 0 Å². The van der Waals surface area contributed by atoms with Gasteiger partial charge in [0, 0.05) is 41.5 Å². The molecule has 0 N–H and O–H groups in total. The molecule has 1 heterocycles. The average Bonchev–Trinajstić information content (AvgIpc) is 2.05. The third-order valence-electron chi connectivity index (χ3n) is 1.55. The molecular weight excluding hydrogens is 187 g/mol. The maximum atomic E-state index is 5.34. The van der Waals surface area contributed by atoms with Gasteiger partial charge in [-0.3, -0.25) is 0 Å². The van der Waals surface area contributed by atoms with Crippen LogP contribution in [0.4, 0.5) is 0 Å². The van der Waals surface area contributed by atoms with Gasteiger partial charge in [-0.2, -0.15) is 0 Å². The van der Waals surface area contributed by atoms with Crippen molar-refractivity contribution in [2.75, 3.05) is 6.61 Å². The van der Waals surface area contributed by atoms with Crippen LogP contribution in [0.15, 0.2) is 30.3 Å². The zero-order valence-corrected chi connectivity index (χ0v) is 8.04. The van der Waals surface area contributed by atoms with Crippen molar-refractivity contribution in [3.63, 3.8) is 0 Å². The van der Waals surface area contributed by atoms with Crippen LogP contribution in [-0.4, -0.2) is 25.5 Å². The second kappa shape index (κ2) is 5.51. The van der Waals surface area contributed by atoms with Crippen LogP contribution in [0.2, 0.25) is 0 Å². The fraction of sp³-hybridized carbons (Fsp3) is 0.111. The molecule has 0 amide bonds. The van der Waals surface area contributed by atoms with E-state index in [1.165, 1.54) is 5.56 Å². The molecule has 0 bridgehead atoms. The predicted molar refractivity (Wildman–Crippen MR) is 46.7 cm³/mol. The molecule has 1 radical (unpaired) electrons. The molecular formula is C9H8FeLiO. The van der Waals surface area contributed by atoms with E-state index in [9.17, 15) is 0 Å². The molecule has 2 rings (SSSR count). The Balaban J connectivity index is 0.000000605. The Morgan fingerprint density at radius 2 is 1.92 bits per heavy atom. The number of fused-ring (bicyclic) bond motifs is 1. The monoisotopic (exact) mass is 195 g/mol. The Hall–Kier alpha value is -0.123. The van der Waals surface area contributed by atoms with Gasteiger partial charge in [-0.25, -0.2) is 0 Å². The van der Waals surface area contributed by atoms with Gasteiger partial charge < -0.3 is 4.74 Å². The second-order valence-electron chi connectivity index (χ2n) is 2.25. The molecule has 0 fully saturated rings. The Morgan fingerprint density at radius 3 is 2.67 bits per heavy atom. The summed E-state index contributed by atoms with van der Waals surface area (Å²) >= 11 is 0. The molecule has 0 unspecified atom stereocenters. The quantitative estimate of drug-likeness (QED) is 0.572. The maximum Gasteiger partial charge on any atom is 0.126 e. The van der Waals surface area contributed by atoms with E-state index < -0.39 is 0 Å². The smallest absolute Gasteiger partial charge is 0.126 e. The molecule has 1 aliphatic heterocycles. The zero-order chi connectivity index (χ0) is 6.81. The molecule has 1 aliphatic rings. The van der Waals surface area contributed by atoms with Crippen molar-refractivity contribution >= 4 is 24.9 Å². The summed E-state index contributed by atoms with van der Waals surface area (Å²) in [6.45, 7) is 0.705. The number of rotatable bonds is 0. The van der Waals surface area contributed by atoms with Crippen LogP contribution in [0, 0.1) is 0 Å². The standard InChI is InChI=1S/C9H8O.Fe.Li/c1-2-6-9-8(4-1)5-3-7-10-9;;/h1-6H,7H2;;. The molecule has 0 saturated heterocycles. The van der Waals surface area contributed by atoms with Gasteiger partial charge in [-0.05, 0) is 12.1 Å². The first kappa shape index (κ1) is 11.9. The molecule has 0 spiro atoms. The van der Waals surface area contributed by atoms with Gasteiger partial charge in [-0.1, -0.05) is 24.3 Å². The largest absolute Gasteiger partial charge is 0.489 e. The van der Waals surface area contributed by atoms with Crippen molar-refractivity contribution in [3.05, 3.63) is 35.9 Å². The van der Waals surface area contributed by atoms with Gasteiger partial charge in [0.25, 0.3) is 0 Å². The van der Waals surface area contributed by atoms with Crippen LogP contribution in [0.3, 0.4) is 0 Å². The molecule has 0 atom stereocenters. The maximum absolute atomic E-state index is 5.34. The minimum atomic E-state index is 0.